The maximum absolute atomic E-state index is 12.5. The molecule has 6 rings (SSSR count). The van der Waals surface area contributed by atoms with Gasteiger partial charge in [0.15, 0.2) is 5.17 Å². The topological polar surface area (TPSA) is 64.9 Å². The van der Waals surface area contributed by atoms with Crippen molar-refractivity contribution < 1.29 is 4.79 Å². The Morgan fingerprint density at radius 3 is 2.43 bits per heavy atom. The average molecular weight is 485 g/mol. The zero-order valence-electron chi connectivity index (χ0n) is 19.9. The van der Waals surface area contributed by atoms with Crippen molar-refractivity contribution in [2.24, 2.45) is 4.99 Å². The summed E-state index contributed by atoms with van der Waals surface area (Å²) in [7, 11) is 2.17. The van der Waals surface area contributed by atoms with Crippen molar-refractivity contribution in [2.75, 3.05) is 51.2 Å². The molecule has 0 radical (unpaired) electrons. The van der Waals surface area contributed by atoms with Crippen molar-refractivity contribution in [2.45, 2.75) is 12.8 Å². The summed E-state index contributed by atoms with van der Waals surface area (Å²) >= 11 is 1.48. The van der Waals surface area contributed by atoms with E-state index in [1.165, 1.54) is 17.4 Å². The maximum atomic E-state index is 12.5. The number of benzene rings is 2. The number of piperazine rings is 1. The number of hydrogen-bond donors (Lipinski definition) is 0. The standard InChI is InChI=1S/C27H28N6OS/c1-31-12-14-32(15-13-31)21-7-5-20(6-8-21)25-22-16-19(4-9-23(22)28-18-29-25)17-24-26(34)30-27(35-24)33-10-2-3-11-33/h4-9,16-18H,2-3,10-15H2,1H3/b24-17-. The molecule has 0 atom stereocenters. The summed E-state index contributed by atoms with van der Waals surface area (Å²) in [5, 5.41) is 1.81. The lowest BCUT2D eigenvalue weighted by Crippen LogP contribution is -2.44. The second kappa shape index (κ2) is 9.43. The summed E-state index contributed by atoms with van der Waals surface area (Å²) in [6.07, 6.45) is 5.89. The summed E-state index contributed by atoms with van der Waals surface area (Å²) in [5.74, 6) is -0.152. The van der Waals surface area contributed by atoms with Gasteiger partial charge in [0, 0.05) is 55.9 Å². The molecule has 35 heavy (non-hydrogen) atoms. The van der Waals surface area contributed by atoms with Gasteiger partial charge in [0.25, 0.3) is 5.91 Å². The number of rotatable bonds is 3. The van der Waals surface area contributed by atoms with E-state index >= 15 is 0 Å². The van der Waals surface area contributed by atoms with Crippen LogP contribution in [0.3, 0.4) is 0 Å². The summed E-state index contributed by atoms with van der Waals surface area (Å²) in [4.78, 5) is 33.6. The number of likely N-dealkylation sites (tertiary alicyclic amines) is 1. The molecule has 8 heteroatoms. The fraction of sp³-hybridized carbons (Fsp3) is 0.333. The van der Waals surface area contributed by atoms with Crippen molar-refractivity contribution in [1.29, 1.82) is 0 Å². The van der Waals surface area contributed by atoms with Crippen LogP contribution in [0.15, 0.2) is 58.7 Å². The van der Waals surface area contributed by atoms with E-state index in [2.05, 4.69) is 67.0 Å². The fourth-order valence-corrected chi connectivity index (χ4v) is 5.85. The van der Waals surface area contributed by atoms with E-state index in [0.29, 0.717) is 4.91 Å². The molecule has 3 aromatic rings. The summed E-state index contributed by atoms with van der Waals surface area (Å²) in [5.41, 5.74) is 5.05. The number of aromatic nitrogens is 2. The molecule has 1 amide bonds. The number of hydrogen-bond acceptors (Lipinski definition) is 7. The van der Waals surface area contributed by atoms with E-state index in [-0.39, 0.29) is 5.91 Å². The third kappa shape index (κ3) is 4.56. The molecule has 0 saturated carbocycles. The fourth-order valence-electron chi connectivity index (χ4n) is 4.88. The van der Waals surface area contributed by atoms with E-state index in [4.69, 9.17) is 0 Å². The van der Waals surface area contributed by atoms with E-state index in [9.17, 15) is 4.79 Å². The van der Waals surface area contributed by atoms with E-state index in [0.717, 1.165) is 85.0 Å². The monoisotopic (exact) mass is 484 g/mol. The van der Waals surface area contributed by atoms with Crippen LogP contribution in [0, 0.1) is 0 Å². The first kappa shape index (κ1) is 22.2. The summed E-state index contributed by atoms with van der Waals surface area (Å²) in [6.45, 7) is 6.23. The molecule has 2 aromatic carbocycles. The second-order valence-electron chi connectivity index (χ2n) is 9.34. The van der Waals surface area contributed by atoms with Crippen molar-refractivity contribution >= 4 is 45.5 Å². The molecule has 0 aliphatic carbocycles. The van der Waals surface area contributed by atoms with Crippen molar-refractivity contribution in [1.82, 2.24) is 19.8 Å². The molecule has 0 unspecified atom stereocenters. The molecule has 0 N–H and O–H groups in total. The summed E-state index contributed by atoms with van der Waals surface area (Å²) < 4.78 is 0. The van der Waals surface area contributed by atoms with Crippen LogP contribution >= 0.6 is 11.8 Å². The molecule has 0 bridgehead atoms. The second-order valence-corrected chi connectivity index (χ2v) is 10.3. The number of thioether (sulfide) groups is 1. The molecule has 2 saturated heterocycles. The zero-order chi connectivity index (χ0) is 23.8. The Balaban J connectivity index is 1.27. The lowest BCUT2D eigenvalue weighted by Gasteiger charge is -2.34. The number of aliphatic imine (C=N–C) groups is 1. The number of carbonyl (C=O) groups excluding carboxylic acids is 1. The van der Waals surface area contributed by atoms with Crippen LogP contribution in [0.1, 0.15) is 18.4 Å². The van der Waals surface area contributed by atoms with Crippen LogP contribution in [0.4, 0.5) is 5.69 Å². The third-order valence-corrected chi connectivity index (χ3v) is 8.00. The highest BCUT2D eigenvalue weighted by molar-refractivity contribution is 8.18. The van der Waals surface area contributed by atoms with Gasteiger partial charge in [0.05, 0.1) is 16.1 Å². The Labute approximate surface area is 209 Å². The lowest BCUT2D eigenvalue weighted by molar-refractivity contribution is -0.113. The van der Waals surface area contributed by atoms with Crippen molar-refractivity contribution in [3.05, 3.63) is 59.3 Å². The maximum Gasteiger partial charge on any atom is 0.286 e. The minimum absolute atomic E-state index is 0.152. The molecule has 3 aliphatic rings. The van der Waals surface area contributed by atoms with Gasteiger partial charge in [-0.2, -0.15) is 4.99 Å². The molecular formula is C27H28N6OS. The predicted octanol–water partition coefficient (Wildman–Crippen LogP) is 4.11. The highest BCUT2D eigenvalue weighted by Gasteiger charge is 2.27. The van der Waals surface area contributed by atoms with Gasteiger partial charge in [0.1, 0.15) is 6.33 Å². The van der Waals surface area contributed by atoms with Crippen LogP contribution in [-0.4, -0.2) is 77.2 Å². The van der Waals surface area contributed by atoms with Gasteiger partial charge >= 0.3 is 0 Å². The van der Waals surface area contributed by atoms with Gasteiger partial charge in [-0.1, -0.05) is 18.2 Å². The molecule has 1 aromatic heterocycles. The van der Waals surface area contributed by atoms with Gasteiger partial charge in [-0.15, -0.1) is 0 Å². The summed E-state index contributed by atoms with van der Waals surface area (Å²) in [6, 6.07) is 14.7. The average Bonchev–Trinajstić information content (AvgIpc) is 3.55. The van der Waals surface area contributed by atoms with Gasteiger partial charge in [0.2, 0.25) is 0 Å². The van der Waals surface area contributed by atoms with E-state index < -0.39 is 0 Å². The molecule has 178 valence electrons. The van der Waals surface area contributed by atoms with Crippen molar-refractivity contribution in [3.8, 4) is 11.3 Å². The minimum Gasteiger partial charge on any atom is -0.369 e. The Kier molecular flexibility index (Phi) is 6.00. The number of amidine groups is 1. The number of anilines is 1. The van der Waals surface area contributed by atoms with E-state index in [1.807, 2.05) is 18.2 Å². The predicted molar refractivity (Wildman–Crippen MR) is 144 cm³/mol. The van der Waals surface area contributed by atoms with Crippen LogP contribution in [0.2, 0.25) is 0 Å². The van der Waals surface area contributed by atoms with E-state index in [1.54, 1.807) is 6.33 Å². The van der Waals surface area contributed by atoms with Crippen LogP contribution in [-0.2, 0) is 4.79 Å². The molecular weight excluding hydrogens is 456 g/mol. The number of carbonyl (C=O) groups is 1. The Morgan fingerprint density at radius 1 is 0.886 bits per heavy atom. The first-order valence-corrected chi connectivity index (χ1v) is 13.0. The van der Waals surface area contributed by atoms with Gasteiger partial charge in [-0.05, 0) is 67.6 Å². The number of amides is 1. The SMILES string of the molecule is CN1CCN(c2ccc(-c3ncnc4ccc(/C=C5\SC(N6CCCC6)=NC5=O)cc34)cc2)CC1. The Morgan fingerprint density at radius 2 is 1.66 bits per heavy atom. The zero-order valence-corrected chi connectivity index (χ0v) is 20.7. The highest BCUT2D eigenvalue weighted by atomic mass is 32.2. The molecule has 7 nitrogen and oxygen atoms in total. The van der Waals surface area contributed by atoms with Gasteiger partial charge in [-0.3, -0.25) is 4.79 Å². The molecule has 0 spiro atoms. The number of nitrogens with zero attached hydrogens (tertiary/aromatic N) is 6. The number of likely N-dealkylation sites (N-methyl/N-ethyl adjacent to an activating group) is 1. The van der Waals surface area contributed by atoms with Crippen molar-refractivity contribution in [3.63, 3.8) is 0 Å². The smallest absolute Gasteiger partial charge is 0.286 e. The highest BCUT2D eigenvalue weighted by Crippen LogP contribution is 2.33. The molecule has 3 aliphatic heterocycles. The third-order valence-electron chi connectivity index (χ3n) is 6.95. The Bertz CT molecular complexity index is 1320. The molecule has 4 heterocycles. The van der Waals surface area contributed by atoms with Crippen LogP contribution < -0.4 is 4.90 Å². The first-order valence-electron chi connectivity index (χ1n) is 12.2. The largest absolute Gasteiger partial charge is 0.369 e. The Hall–Kier alpha value is -3.23. The number of fused-ring (bicyclic) bond motifs is 1. The van der Waals surface area contributed by atoms with Crippen LogP contribution in [0.25, 0.3) is 28.2 Å². The first-order chi connectivity index (χ1) is 17.1. The normalized spacial score (nSPS) is 20.3. The van der Waals surface area contributed by atoms with Gasteiger partial charge < -0.3 is 14.7 Å². The van der Waals surface area contributed by atoms with Gasteiger partial charge in [-0.25, -0.2) is 9.97 Å². The lowest BCUT2D eigenvalue weighted by atomic mass is 10.0. The minimum atomic E-state index is -0.152. The quantitative estimate of drug-likeness (QED) is 0.518. The molecule has 2 fully saturated rings. The van der Waals surface area contributed by atoms with Crippen LogP contribution in [0.5, 0.6) is 0 Å².